The Morgan fingerprint density at radius 2 is 0.844 bits per heavy atom. The van der Waals surface area contributed by atoms with Crippen molar-refractivity contribution in [1.29, 1.82) is 0 Å². The molecule has 0 amide bonds. The van der Waals surface area contributed by atoms with Gasteiger partial charge in [0.25, 0.3) is 0 Å². The maximum absolute atomic E-state index is 2.36. The molecular formula is C44H29N. The lowest BCUT2D eigenvalue weighted by Gasteiger charge is -2.26. The van der Waals surface area contributed by atoms with Crippen LogP contribution in [0.4, 0.5) is 17.1 Å². The van der Waals surface area contributed by atoms with Crippen molar-refractivity contribution in [1.82, 2.24) is 0 Å². The van der Waals surface area contributed by atoms with Gasteiger partial charge in [0.15, 0.2) is 0 Å². The Bertz CT molecular complexity index is 2530. The number of hydrogen-bond acceptors (Lipinski definition) is 1. The Labute approximate surface area is 262 Å². The maximum Gasteiger partial charge on any atom is 0.0468 e. The molecule has 0 fully saturated rings. The van der Waals surface area contributed by atoms with Gasteiger partial charge < -0.3 is 4.90 Å². The molecule has 9 rings (SSSR count). The molecule has 0 atom stereocenters. The van der Waals surface area contributed by atoms with E-state index in [0.29, 0.717) is 0 Å². The van der Waals surface area contributed by atoms with E-state index in [4.69, 9.17) is 0 Å². The normalized spacial score (nSPS) is 11.6. The monoisotopic (exact) mass is 571 g/mol. The highest BCUT2D eigenvalue weighted by Crippen LogP contribution is 2.40. The van der Waals surface area contributed by atoms with Gasteiger partial charge in [-0.2, -0.15) is 0 Å². The Balaban J connectivity index is 1.19. The number of rotatable bonds is 4. The van der Waals surface area contributed by atoms with Crippen molar-refractivity contribution in [2.45, 2.75) is 0 Å². The highest BCUT2D eigenvalue weighted by atomic mass is 15.1. The van der Waals surface area contributed by atoms with Gasteiger partial charge in [-0.3, -0.25) is 0 Å². The molecule has 1 heteroatoms. The van der Waals surface area contributed by atoms with E-state index >= 15 is 0 Å². The lowest BCUT2D eigenvalue weighted by Crippen LogP contribution is -2.09. The third-order valence-corrected chi connectivity index (χ3v) is 9.17. The quantitative estimate of drug-likeness (QED) is 0.190. The summed E-state index contributed by atoms with van der Waals surface area (Å²) in [5.41, 5.74) is 5.88. The van der Waals surface area contributed by atoms with Crippen LogP contribution in [0.5, 0.6) is 0 Å². The fraction of sp³-hybridized carbons (Fsp3) is 0. The molecule has 9 aromatic rings. The Morgan fingerprint density at radius 1 is 0.267 bits per heavy atom. The highest BCUT2D eigenvalue weighted by Gasteiger charge is 2.15. The van der Waals surface area contributed by atoms with E-state index in [1.165, 1.54) is 65.0 Å². The number of fused-ring (bicyclic) bond motifs is 8. The molecule has 0 aliphatic heterocycles. The topological polar surface area (TPSA) is 3.24 Å². The van der Waals surface area contributed by atoms with Crippen molar-refractivity contribution in [2.24, 2.45) is 0 Å². The van der Waals surface area contributed by atoms with Gasteiger partial charge in [0.05, 0.1) is 0 Å². The molecule has 0 unspecified atom stereocenters. The largest absolute Gasteiger partial charge is 0.310 e. The molecule has 0 aromatic heterocycles. The van der Waals surface area contributed by atoms with Crippen molar-refractivity contribution in [3.05, 3.63) is 176 Å². The fourth-order valence-corrected chi connectivity index (χ4v) is 6.99. The van der Waals surface area contributed by atoms with Crippen LogP contribution in [-0.2, 0) is 0 Å². The van der Waals surface area contributed by atoms with E-state index in [2.05, 4.69) is 181 Å². The van der Waals surface area contributed by atoms with Crippen LogP contribution in [0.1, 0.15) is 0 Å². The van der Waals surface area contributed by atoms with Gasteiger partial charge in [-0.25, -0.2) is 0 Å². The summed E-state index contributed by atoms with van der Waals surface area (Å²) < 4.78 is 0. The molecule has 0 aliphatic carbocycles. The molecule has 0 saturated carbocycles. The third-order valence-electron chi connectivity index (χ3n) is 9.17. The van der Waals surface area contributed by atoms with Gasteiger partial charge >= 0.3 is 0 Å². The predicted octanol–water partition coefficient (Wildman–Crippen LogP) is 12.6. The minimum Gasteiger partial charge on any atom is -0.310 e. The van der Waals surface area contributed by atoms with E-state index in [0.717, 1.165) is 17.1 Å². The molecule has 0 N–H and O–H groups in total. The second kappa shape index (κ2) is 10.4. The molecule has 9 aromatic carbocycles. The average molecular weight is 572 g/mol. The number of para-hydroxylation sites is 1. The summed E-state index contributed by atoms with van der Waals surface area (Å²) in [6, 6.07) is 64.0. The van der Waals surface area contributed by atoms with Crippen LogP contribution >= 0.6 is 0 Å². The fourth-order valence-electron chi connectivity index (χ4n) is 6.99. The molecule has 210 valence electrons. The smallest absolute Gasteiger partial charge is 0.0468 e. The van der Waals surface area contributed by atoms with Gasteiger partial charge in [0.1, 0.15) is 0 Å². The summed E-state index contributed by atoms with van der Waals surface area (Å²) in [5.74, 6) is 0. The summed E-state index contributed by atoms with van der Waals surface area (Å²) in [7, 11) is 0. The average Bonchev–Trinajstić information content (AvgIpc) is 3.11. The SMILES string of the molecule is c1ccc(-c2ccc3cc(N(c4ccccc4)c4ccc5c(ccc6c5ccc5ccc7ccccc7c56)c4)ccc3c2)cc1. The first-order chi connectivity index (χ1) is 22.3. The second-order valence-electron chi connectivity index (χ2n) is 11.8. The van der Waals surface area contributed by atoms with Gasteiger partial charge in [-0.15, -0.1) is 0 Å². The first-order valence-electron chi connectivity index (χ1n) is 15.5. The van der Waals surface area contributed by atoms with Crippen molar-refractivity contribution in [3.8, 4) is 11.1 Å². The molecule has 0 radical (unpaired) electrons. The number of nitrogens with zero attached hydrogens (tertiary/aromatic N) is 1. The summed E-state index contributed by atoms with van der Waals surface area (Å²) >= 11 is 0. The maximum atomic E-state index is 2.36. The van der Waals surface area contributed by atoms with Crippen molar-refractivity contribution >= 4 is 70.9 Å². The Hall–Kier alpha value is -5.92. The van der Waals surface area contributed by atoms with E-state index in [1.807, 2.05) is 0 Å². The second-order valence-corrected chi connectivity index (χ2v) is 11.8. The Kier molecular flexibility index (Phi) is 5.89. The van der Waals surface area contributed by atoms with Crippen LogP contribution in [0.2, 0.25) is 0 Å². The predicted molar refractivity (Wildman–Crippen MR) is 194 cm³/mol. The van der Waals surface area contributed by atoms with E-state index in [1.54, 1.807) is 0 Å². The molecule has 0 saturated heterocycles. The Morgan fingerprint density at radius 3 is 1.71 bits per heavy atom. The minimum absolute atomic E-state index is 1.13. The summed E-state index contributed by atoms with van der Waals surface area (Å²) in [6.07, 6.45) is 0. The zero-order chi connectivity index (χ0) is 29.7. The molecule has 0 heterocycles. The van der Waals surface area contributed by atoms with Crippen LogP contribution in [0.15, 0.2) is 176 Å². The molecule has 0 spiro atoms. The van der Waals surface area contributed by atoms with Crippen molar-refractivity contribution in [2.75, 3.05) is 4.90 Å². The van der Waals surface area contributed by atoms with E-state index in [-0.39, 0.29) is 0 Å². The van der Waals surface area contributed by atoms with Gasteiger partial charge in [0, 0.05) is 17.1 Å². The van der Waals surface area contributed by atoms with Crippen molar-refractivity contribution < 1.29 is 0 Å². The van der Waals surface area contributed by atoms with Gasteiger partial charge in [0.2, 0.25) is 0 Å². The summed E-state index contributed by atoms with van der Waals surface area (Å²) in [5, 5.41) is 12.7. The zero-order valence-electron chi connectivity index (χ0n) is 24.7. The molecule has 1 nitrogen and oxygen atoms in total. The zero-order valence-corrected chi connectivity index (χ0v) is 24.7. The van der Waals surface area contributed by atoms with Crippen LogP contribution in [0.3, 0.4) is 0 Å². The lowest BCUT2D eigenvalue weighted by molar-refractivity contribution is 1.29. The van der Waals surface area contributed by atoms with E-state index in [9.17, 15) is 0 Å². The van der Waals surface area contributed by atoms with Crippen LogP contribution in [0, 0.1) is 0 Å². The van der Waals surface area contributed by atoms with Crippen LogP contribution < -0.4 is 4.90 Å². The number of anilines is 3. The van der Waals surface area contributed by atoms with E-state index < -0.39 is 0 Å². The van der Waals surface area contributed by atoms with Crippen molar-refractivity contribution in [3.63, 3.8) is 0 Å². The molecule has 45 heavy (non-hydrogen) atoms. The number of benzene rings is 9. The summed E-state index contributed by atoms with van der Waals surface area (Å²) in [4.78, 5) is 2.36. The van der Waals surface area contributed by atoms with Gasteiger partial charge in [-0.1, -0.05) is 133 Å². The van der Waals surface area contributed by atoms with Gasteiger partial charge in [-0.05, 0) is 107 Å². The standard InChI is InChI=1S/C44H29N/c1-3-9-30(10-4-1)33-17-18-35-28-38(22-19-34(35)27-33)45(37-12-5-2-6-13-37)39-23-26-40-36(29-39)21-25-43-42(40)24-20-32-16-15-31-11-7-8-14-41(31)44(32)43/h1-29H. The molecule has 0 aliphatic rings. The first kappa shape index (κ1) is 25.6. The van der Waals surface area contributed by atoms with Crippen LogP contribution in [0.25, 0.3) is 65.0 Å². The third kappa shape index (κ3) is 4.32. The number of hydrogen-bond donors (Lipinski definition) is 0. The first-order valence-corrected chi connectivity index (χ1v) is 15.5. The molecular weight excluding hydrogens is 542 g/mol. The summed E-state index contributed by atoms with van der Waals surface area (Å²) in [6.45, 7) is 0. The lowest BCUT2D eigenvalue weighted by atomic mass is 9.93. The minimum atomic E-state index is 1.13. The highest BCUT2D eigenvalue weighted by molar-refractivity contribution is 6.24. The molecule has 0 bridgehead atoms. The van der Waals surface area contributed by atoms with Crippen LogP contribution in [-0.4, -0.2) is 0 Å².